The molecule has 2 N–H and O–H groups in total. The Hall–Kier alpha value is -3.75. The summed E-state index contributed by atoms with van der Waals surface area (Å²) in [5, 5.41) is 5.68. The third-order valence-corrected chi connectivity index (χ3v) is 3.73. The summed E-state index contributed by atoms with van der Waals surface area (Å²) in [5.74, 6) is 0.361. The van der Waals surface area contributed by atoms with Gasteiger partial charge in [0.1, 0.15) is 17.3 Å². The first-order valence-corrected chi connectivity index (χ1v) is 8.37. The molecule has 0 spiro atoms. The zero-order chi connectivity index (χ0) is 20.9. The maximum atomic E-state index is 12.4. The van der Waals surface area contributed by atoms with E-state index in [2.05, 4.69) is 20.4 Å². The van der Waals surface area contributed by atoms with Crippen molar-refractivity contribution in [1.82, 2.24) is 4.98 Å². The molecule has 0 aliphatic rings. The molecule has 0 saturated heterocycles. The van der Waals surface area contributed by atoms with E-state index in [1.807, 2.05) is 0 Å². The molecular formula is C20H16F3N3O3. The molecule has 29 heavy (non-hydrogen) atoms. The van der Waals surface area contributed by atoms with Crippen molar-refractivity contribution >= 4 is 23.1 Å². The molecule has 0 radical (unpaired) electrons. The molecule has 0 atom stereocenters. The zero-order valence-corrected chi connectivity index (χ0v) is 15.2. The Kier molecular flexibility index (Phi) is 5.87. The number of pyridine rings is 1. The maximum absolute atomic E-state index is 12.4. The van der Waals surface area contributed by atoms with Gasteiger partial charge >= 0.3 is 6.36 Å². The molecule has 3 aromatic rings. The Bertz CT molecular complexity index is 975. The van der Waals surface area contributed by atoms with Crippen molar-refractivity contribution in [2.45, 2.75) is 6.36 Å². The molecule has 0 aliphatic heterocycles. The predicted octanol–water partition coefficient (Wildman–Crippen LogP) is 4.98. The first-order chi connectivity index (χ1) is 13.8. The molecule has 2 aromatic carbocycles. The number of hydrogen-bond donors (Lipinski definition) is 2. The average Bonchev–Trinajstić information content (AvgIpc) is 2.69. The summed E-state index contributed by atoms with van der Waals surface area (Å²) >= 11 is 0. The summed E-state index contributed by atoms with van der Waals surface area (Å²) in [7, 11) is 1.55. The van der Waals surface area contributed by atoms with E-state index < -0.39 is 6.36 Å². The second-order valence-corrected chi connectivity index (χ2v) is 5.81. The van der Waals surface area contributed by atoms with Gasteiger partial charge in [0.15, 0.2) is 0 Å². The Labute approximate surface area is 164 Å². The zero-order valence-electron chi connectivity index (χ0n) is 15.2. The first kappa shape index (κ1) is 20.0. The number of alkyl halides is 3. The number of anilines is 3. The highest BCUT2D eigenvalue weighted by atomic mass is 19.4. The first-order valence-electron chi connectivity index (χ1n) is 8.37. The van der Waals surface area contributed by atoms with Crippen LogP contribution >= 0.6 is 0 Å². The number of carbonyl (C=O) groups is 1. The normalized spacial score (nSPS) is 10.9. The van der Waals surface area contributed by atoms with Crippen molar-refractivity contribution in [3.05, 3.63) is 72.4 Å². The van der Waals surface area contributed by atoms with E-state index in [0.29, 0.717) is 28.5 Å². The number of nitrogens with one attached hydrogen (secondary N) is 2. The lowest BCUT2D eigenvalue weighted by molar-refractivity contribution is -0.274. The van der Waals surface area contributed by atoms with Crippen LogP contribution in [0.4, 0.5) is 30.4 Å². The monoisotopic (exact) mass is 403 g/mol. The van der Waals surface area contributed by atoms with Crippen LogP contribution in [-0.2, 0) is 0 Å². The van der Waals surface area contributed by atoms with E-state index in [0.717, 1.165) is 0 Å². The van der Waals surface area contributed by atoms with Crippen LogP contribution in [0.25, 0.3) is 0 Å². The Morgan fingerprint density at radius 3 is 2.17 bits per heavy atom. The second kappa shape index (κ2) is 8.51. The van der Waals surface area contributed by atoms with Gasteiger partial charge in [0, 0.05) is 23.1 Å². The van der Waals surface area contributed by atoms with Crippen LogP contribution < -0.4 is 20.1 Å². The molecule has 0 saturated carbocycles. The van der Waals surface area contributed by atoms with E-state index in [-0.39, 0.29) is 11.7 Å². The molecular weight excluding hydrogens is 387 g/mol. The van der Waals surface area contributed by atoms with Gasteiger partial charge in [0.2, 0.25) is 0 Å². The van der Waals surface area contributed by atoms with Gasteiger partial charge in [-0.15, -0.1) is 13.2 Å². The van der Waals surface area contributed by atoms with Gasteiger partial charge in [-0.3, -0.25) is 4.79 Å². The predicted molar refractivity (Wildman–Crippen MR) is 102 cm³/mol. The molecule has 0 fully saturated rings. The summed E-state index contributed by atoms with van der Waals surface area (Å²) in [6.45, 7) is 0. The van der Waals surface area contributed by atoms with Crippen molar-refractivity contribution in [2.24, 2.45) is 0 Å². The number of hydrogen-bond acceptors (Lipinski definition) is 5. The molecule has 1 heterocycles. The summed E-state index contributed by atoms with van der Waals surface area (Å²) in [4.78, 5) is 16.5. The van der Waals surface area contributed by atoms with Crippen molar-refractivity contribution in [2.75, 3.05) is 17.7 Å². The number of benzene rings is 2. The lowest BCUT2D eigenvalue weighted by Crippen LogP contribution is -2.17. The fourth-order valence-electron chi connectivity index (χ4n) is 2.41. The summed E-state index contributed by atoms with van der Waals surface area (Å²) in [5.41, 5.74) is 1.44. The number of amides is 1. The quantitative estimate of drug-likeness (QED) is 0.607. The number of carbonyl (C=O) groups excluding carboxylic acids is 1. The third kappa shape index (κ3) is 5.86. The molecule has 0 bridgehead atoms. The van der Waals surface area contributed by atoms with Gasteiger partial charge in [-0.25, -0.2) is 4.98 Å². The van der Waals surface area contributed by atoms with Gasteiger partial charge < -0.3 is 20.1 Å². The Morgan fingerprint density at radius 2 is 1.55 bits per heavy atom. The summed E-state index contributed by atoms with van der Waals surface area (Å²) in [6, 6.07) is 15.1. The molecule has 6 nitrogen and oxygen atoms in total. The summed E-state index contributed by atoms with van der Waals surface area (Å²) in [6.07, 6.45) is -3.30. The van der Waals surface area contributed by atoms with Crippen LogP contribution in [-0.4, -0.2) is 24.4 Å². The smallest absolute Gasteiger partial charge is 0.497 e. The van der Waals surface area contributed by atoms with Crippen molar-refractivity contribution in [3.8, 4) is 11.5 Å². The van der Waals surface area contributed by atoms with Gasteiger partial charge in [-0.05, 0) is 60.7 Å². The number of aromatic nitrogens is 1. The van der Waals surface area contributed by atoms with E-state index in [9.17, 15) is 18.0 Å². The topological polar surface area (TPSA) is 72.5 Å². The van der Waals surface area contributed by atoms with E-state index >= 15 is 0 Å². The summed E-state index contributed by atoms with van der Waals surface area (Å²) < 4.78 is 45.5. The maximum Gasteiger partial charge on any atom is 0.573 e. The fraction of sp³-hybridized carbons (Fsp3) is 0.100. The van der Waals surface area contributed by atoms with Gasteiger partial charge in [-0.1, -0.05) is 0 Å². The molecule has 3 rings (SSSR count). The van der Waals surface area contributed by atoms with Crippen LogP contribution in [0.3, 0.4) is 0 Å². The van der Waals surface area contributed by atoms with Gasteiger partial charge in [0.05, 0.1) is 7.11 Å². The number of halogens is 3. The van der Waals surface area contributed by atoms with Crippen molar-refractivity contribution in [3.63, 3.8) is 0 Å². The van der Waals surface area contributed by atoms with Gasteiger partial charge in [-0.2, -0.15) is 0 Å². The highest BCUT2D eigenvalue weighted by Gasteiger charge is 2.30. The van der Waals surface area contributed by atoms with Crippen LogP contribution in [0.15, 0.2) is 66.9 Å². The molecule has 1 aromatic heterocycles. The average molecular weight is 403 g/mol. The number of nitrogens with zero attached hydrogens (tertiary/aromatic N) is 1. The Morgan fingerprint density at radius 1 is 0.931 bits per heavy atom. The number of ether oxygens (including phenoxy) is 2. The third-order valence-electron chi connectivity index (χ3n) is 3.73. The van der Waals surface area contributed by atoms with Crippen molar-refractivity contribution < 1.29 is 27.4 Å². The SMILES string of the molecule is COc1ccc(NC(=O)c2ccnc(Nc3ccc(OC(F)(F)F)cc3)c2)cc1. The lowest BCUT2D eigenvalue weighted by Gasteiger charge is -2.11. The number of methoxy groups -OCH3 is 1. The van der Waals surface area contributed by atoms with Crippen LogP contribution in [0.2, 0.25) is 0 Å². The minimum absolute atomic E-state index is 0.330. The Balaban J connectivity index is 1.66. The van der Waals surface area contributed by atoms with E-state index in [1.165, 1.54) is 36.5 Å². The lowest BCUT2D eigenvalue weighted by atomic mass is 10.2. The standard InChI is InChI=1S/C20H16F3N3O3/c1-28-16-6-2-15(3-7-16)26-19(27)13-10-11-24-18(12-13)25-14-4-8-17(9-5-14)29-20(21,22)23/h2-12H,1H3,(H,24,25)(H,26,27). The van der Waals surface area contributed by atoms with Crippen LogP contribution in [0, 0.1) is 0 Å². The van der Waals surface area contributed by atoms with E-state index in [1.54, 1.807) is 37.4 Å². The second-order valence-electron chi connectivity index (χ2n) is 5.81. The van der Waals surface area contributed by atoms with Crippen molar-refractivity contribution in [1.29, 1.82) is 0 Å². The molecule has 9 heteroatoms. The van der Waals surface area contributed by atoms with Gasteiger partial charge in [0.25, 0.3) is 5.91 Å². The highest BCUT2D eigenvalue weighted by Crippen LogP contribution is 2.25. The largest absolute Gasteiger partial charge is 0.573 e. The highest BCUT2D eigenvalue weighted by molar-refractivity contribution is 6.04. The number of rotatable bonds is 6. The van der Waals surface area contributed by atoms with E-state index in [4.69, 9.17) is 4.74 Å². The van der Waals surface area contributed by atoms with Crippen LogP contribution in [0.1, 0.15) is 10.4 Å². The molecule has 1 amide bonds. The minimum atomic E-state index is -4.75. The fourth-order valence-corrected chi connectivity index (χ4v) is 2.41. The van der Waals surface area contributed by atoms with Crippen LogP contribution in [0.5, 0.6) is 11.5 Å². The minimum Gasteiger partial charge on any atom is -0.497 e. The molecule has 0 aliphatic carbocycles. The molecule has 0 unspecified atom stereocenters. The molecule has 150 valence electrons.